The van der Waals surface area contributed by atoms with Crippen molar-refractivity contribution >= 4 is 5.97 Å². The summed E-state index contributed by atoms with van der Waals surface area (Å²) in [6.07, 6.45) is 3.90. The van der Waals surface area contributed by atoms with E-state index in [4.69, 9.17) is 14.2 Å². The fraction of sp³-hybridized carbons (Fsp3) is 0.923. The van der Waals surface area contributed by atoms with E-state index in [2.05, 4.69) is 0 Å². The molecule has 2 rings (SSSR count). The van der Waals surface area contributed by atoms with Crippen LogP contribution in [0.25, 0.3) is 0 Å². The van der Waals surface area contributed by atoms with Gasteiger partial charge in [-0.15, -0.1) is 0 Å². The van der Waals surface area contributed by atoms with Crippen molar-refractivity contribution < 1.29 is 24.1 Å². The van der Waals surface area contributed by atoms with Gasteiger partial charge in [-0.1, -0.05) is 6.42 Å². The molecule has 1 aliphatic carbocycles. The Kier molecular flexibility index (Phi) is 4.59. The molecule has 5 nitrogen and oxygen atoms in total. The maximum Gasteiger partial charge on any atom is 0.308 e. The highest BCUT2D eigenvalue weighted by Crippen LogP contribution is 2.38. The van der Waals surface area contributed by atoms with Gasteiger partial charge >= 0.3 is 5.97 Å². The van der Waals surface area contributed by atoms with Crippen LogP contribution in [-0.2, 0) is 19.0 Å². The molecule has 1 N–H and O–H groups in total. The van der Waals surface area contributed by atoms with Crippen LogP contribution in [0.3, 0.4) is 0 Å². The minimum absolute atomic E-state index is 0.0298. The highest BCUT2D eigenvalue weighted by Gasteiger charge is 2.44. The number of hydrogen-bond donors (Lipinski definition) is 1. The molecule has 0 unspecified atom stereocenters. The maximum absolute atomic E-state index is 11.3. The molecule has 0 radical (unpaired) electrons. The first-order valence-electron chi connectivity index (χ1n) is 6.81. The zero-order valence-corrected chi connectivity index (χ0v) is 10.9. The van der Waals surface area contributed by atoms with Crippen LogP contribution in [0.2, 0.25) is 0 Å². The molecule has 0 aromatic carbocycles. The normalized spacial score (nSPS) is 28.2. The SMILES string of the molecule is CCOC(=O)C[C@@H](O)[C@H]1COC2(CCCCC2)O1. The predicted molar refractivity (Wildman–Crippen MR) is 63.9 cm³/mol. The second-order valence-corrected chi connectivity index (χ2v) is 5.02. The Hall–Kier alpha value is -0.650. The quantitative estimate of drug-likeness (QED) is 0.772. The third-order valence-corrected chi connectivity index (χ3v) is 3.60. The van der Waals surface area contributed by atoms with Gasteiger partial charge in [0.25, 0.3) is 0 Å². The molecule has 2 fully saturated rings. The molecule has 0 bridgehead atoms. The molecule has 2 atom stereocenters. The van der Waals surface area contributed by atoms with E-state index in [0.717, 1.165) is 25.7 Å². The van der Waals surface area contributed by atoms with Gasteiger partial charge in [0.1, 0.15) is 6.10 Å². The monoisotopic (exact) mass is 258 g/mol. The van der Waals surface area contributed by atoms with Crippen molar-refractivity contribution in [2.24, 2.45) is 0 Å². The van der Waals surface area contributed by atoms with Crippen LogP contribution in [-0.4, -0.2) is 42.3 Å². The first kappa shape index (κ1) is 13.8. The molecule has 0 amide bonds. The van der Waals surface area contributed by atoms with E-state index in [0.29, 0.717) is 13.2 Å². The van der Waals surface area contributed by atoms with Gasteiger partial charge in [-0.3, -0.25) is 4.79 Å². The van der Waals surface area contributed by atoms with Gasteiger partial charge in [-0.2, -0.15) is 0 Å². The lowest BCUT2D eigenvalue weighted by Gasteiger charge is -2.32. The van der Waals surface area contributed by atoms with Gasteiger partial charge in [0.05, 0.1) is 25.7 Å². The van der Waals surface area contributed by atoms with Crippen molar-refractivity contribution in [2.45, 2.75) is 63.4 Å². The Morgan fingerprint density at radius 1 is 1.44 bits per heavy atom. The van der Waals surface area contributed by atoms with E-state index < -0.39 is 24.0 Å². The number of carbonyl (C=O) groups excluding carboxylic acids is 1. The van der Waals surface area contributed by atoms with Gasteiger partial charge in [0.2, 0.25) is 0 Å². The number of carbonyl (C=O) groups is 1. The largest absolute Gasteiger partial charge is 0.466 e. The smallest absolute Gasteiger partial charge is 0.308 e. The third kappa shape index (κ3) is 3.22. The lowest BCUT2D eigenvalue weighted by atomic mass is 9.94. The van der Waals surface area contributed by atoms with Gasteiger partial charge in [-0.05, 0) is 19.8 Å². The average Bonchev–Trinajstić information content (AvgIpc) is 2.74. The van der Waals surface area contributed by atoms with E-state index in [9.17, 15) is 9.90 Å². The summed E-state index contributed by atoms with van der Waals surface area (Å²) >= 11 is 0. The Morgan fingerprint density at radius 2 is 2.17 bits per heavy atom. The highest BCUT2D eigenvalue weighted by atomic mass is 16.7. The Morgan fingerprint density at radius 3 is 2.83 bits per heavy atom. The van der Waals surface area contributed by atoms with E-state index in [-0.39, 0.29) is 6.42 Å². The van der Waals surface area contributed by atoms with Crippen molar-refractivity contribution in [2.75, 3.05) is 13.2 Å². The minimum atomic E-state index is -0.842. The summed E-state index contributed by atoms with van der Waals surface area (Å²) in [4.78, 5) is 11.3. The second-order valence-electron chi connectivity index (χ2n) is 5.02. The summed E-state index contributed by atoms with van der Waals surface area (Å²) in [5.74, 6) is -0.892. The first-order chi connectivity index (χ1) is 8.65. The molecule has 5 heteroatoms. The van der Waals surface area contributed by atoms with Crippen LogP contribution in [0.5, 0.6) is 0 Å². The van der Waals surface area contributed by atoms with Crippen molar-refractivity contribution in [3.8, 4) is 0 Å². The molecule has 1 saturated carbocycles. The summed E-state index contributed by atoms with van der Waals surface area (Å²) < 4.78 is 16.4. The average molecular weight is 258 g/mol. The third-order valence-electron chi connectivity index (χ3n) is 3.60. The van der Waals surface area contributed by atoms with Crippen LogP contribution in [0.15, 0.2) is 0 Å². The molecule has 0 aromatic rings. The Balaban J connectivity index is 1.82. The number of ether oxygens (including phenoxy) is 3. The van der Waals surface area contributed by atoms with Gasteiger partial charge < -0.3 is 19.3 Å². The second kappa shape index (κ2) is 5.99. The zero-order valence-electron chi connectivity index (χ0n) is 10.9. The first-order valence-corrected chi connectivity index (χ1v) is 6.81. The molecule has 1 aliphatic heterocycles. The maximum atomic E-state index is 11.3. The standard InChI is InChI=1S/C13H22O5/c1-2-16-12(15)8-10(14)11-9-17-13(18-11)6-4-3-5-7-13/h10-11,14H,2-9H2,1H3/t10-,11-/m1/s1. The molecular formula is C13H22O5. The lowest BCUT2D eigenvalue weighted by Crippen LogP contribution is -2.36. The summed E-state index contributed by atoms with van der Waals surface area (Å²) in [5.41, 5.74) is 0. The summed E-state index contributed by atoms with van der Waals surface area (Å²) in [6.45, 7) is 2.44. The van der Waals surface area contributed by atoms with Crippen molar-refractivity contribution in [1.29, 1.82) is 0 Å². The predicted octanol–water partition coefficient (Wildman–Crippen LogP) is 1.38. The van der Waals surface area contributed by atoms with Crippen molar-refractivity contribution in [1.82, 2.24) is 0 Å². The molecule has 1 heterocycles. The number of rotatable bonds is 4. The van der Waals surface area contributed by atoms with Crippen LogP contribution < -0.4 is 0 Å². The summed E-state index contributed by atoms with van der Waals surface area (Å²) in [7, 11) is 0. The molecule has 0 aromatic heterocycles. The van der Waals surface area contributed by atoms with Crippen molar-refractivity contribution in [3.05, 3.63) is 0 Å². The van der Waals surface area contributed by atoms with Crippen LogP contribution in [0, 0.1) is 0 Å². The van der Waals surface area contributed by atoms with Gasteiger partial charge in [-0.25, -0.2) is 0 Å². The summed E-state index contributed by atoms with van der Waals surface area (Å²) in [5, 5.41) is 9.95. The number of hydrogen-bond acceptors (Lipinski definition) is 5. The molecule has 18 heavy (non-hydrogen) atoms. The lowest BCUT2D eigenvalue weighted by molar-refractivity contribution is -0.196. The van der Waals surface area contributed by atoms with E-state index in [1.807, 2.05) is 0 Å². The molecule has 1 saturated heterocycles. The fourth-order valence-electron chi connectivity index (χ4n) is 2.64. The van der Waals surface area contributed by atoms with E-state index >= 15 is 0 Å². The topological polar surface area (TPSA) is 65.0 Å². The Labute approximate surface area is 107 Å². The summed E-state index contributed by atoms with van der Waals surface area (Å²) in [6, 6.07) is 0. The van der Waals surface area contributed by atoms with Crippen LogP contribution in [0.1, 0.15) is 45.4 Å². The number of aliphatic hydroxyl groups is 1. The number of esters is 1. The van der Waals surface area contributed by atoms with E-state index in [1.54, 1.807) is 6.92 Å². The highest BCUT2D eigenvalue weighted by molar-refractivity contribution is 5.70. The number of aliphatic hydroxyl groups excluding tert-OH is 1. The fourth-order valence-corrected chi connectivity index (χ4v) is 2.64. The Bertz CT molecular complexity index is 285. The van der Waals surface area contributed by atoms with Crippen molar-refractivity contribution in [3.63, 3.8) is 0 Å². The molecule has 104 valence electrons. The van der Waals surface area contributed by atoms with Crippen LogP contribution in [0.4, 0.5) is 0 Å². The van der Waals surface area contributed by atoms with Crippen LogP contribution >= 0.6 is 0 Å². The molecule has 2 aliphatic rings. The van der Waals surface area contributed by atoms with Gasteiger partial charge in [0, 0.05) is 12.8 Å². The minimum Gasteiger partial charge on any atom is -0.466 e. The van der Waals surface area contributed by atoms with Gasteiger partial charge in [0.15, 0.2) is 5.79 Å². The molecule has 1 spiro atoms. The zero-order chi connectivity index (χ0) is 13.0. The van der Waals surface area contributed by atoms with E-state index in [1.165, 1.54) is 6.42 Å². The molecular weight excluding hydrogens is 236 g/mol.